The minimum absolute atomic E-state index is 0.0804. The summed E-state index contributed by atoms with van der Waals surface area (Å²) in [7, 11) is 0. The molecule has 0 saturated carbocycles. The van der Waals surface area contributed by atoms with Gasteiger partial charge in [-0.05, 0) is 163 Å². The molecule has 6 aromatic rings. The van der Waals surface area contributed by atoms with Gasteiger partial charge in [0.25, 0.3) is 0 Å². The lowest BCUT2D eigenvalue weighted by Gasteiger charge is -2.35. The summed E-state index contributed by atoms with van der Waals surface area (Å²) >= 11 is 7.26. The fourth-order valence-corrected chi connectivity index (χ4v) is 11.1. The normalized spacial score (nSPS) is 15.6. The van der Waals surface area contributed by atoms with Gasteiger partial charge >= 0.3 is 0 Å². The lowest BCUT2D eigenvalue weighted by atomic mass is 9.67. The highest BCUT2D eigenvalue weighted by Gasteiger charge is 2.52. The summed E-state index contributed by atoms with van der Waals surface area (Å²) in [6.07, 6.45) is 18.8. The van der Waals surface area contributed by atoms with Crippen molar-refractivity contribution in [1.82, 2.24) is 0 Å². The molecular formula is C61H66Br2. The first-order valence-electron chi connectivity index (χ1n) is 23.7. The van der Waals surface area contributed by atoms with Crippen molar-refractivity contribution in [2.24, 2.45) is 11.8 Å². The summed E-state index contributed by atoms with van der Waals surface area (Å²) in [4.78, 5) is 0. The molecule has 0 amide bonds. The van der Waals surface area contributed by atoms with Crippen molar-refractivity contribution >= 4 is 56.2 Å². The molecule has 8 rings (SSSR count). The Hall–Kier alpha value is -4.24. The van der Waals surface area contributed by atoms with E-state index < -0.39 is 5.41 Å². The Morgan fingerprint density at radius 2 is 0.762 bits per heavy atom. The predicted octanol–water partition coefficient (Wildman–Crippen LogP) is 18.9. The van der Waals surface area contributed by atoms with Gasteiger partial charge in [0.15, 0.2) is 0 Å². The van der Waals surface area contributed by atoms with Gasteiger partial charge < -0.3 is 0 Å². The van der Waals surface area contributed by atoms with Crippen LogP contribution >= 0.6 is 31.9 Å². The molecule has 2 heteroatoms. The summed E-state index contributed by atoms with van der Waals surface area (Å²) in [5, 5.41) is 0. The summed E-state index contributed by atoms with van der Waals surface area (Å²) < 4.78 is 2.19. The van der Waals surface area contributed by atoms with Crippen molar-refractivity contribution in [2.45, 2.75) is 123 Å². The number of benzene rings is 6. The summed E-state index contributed by atoms with van der Waals surface area (Å²) in [6, 6.07) is 47.1. The van der Waals surface area contributed by atoms with E-state index >= 15 is 0 Å². The Balaban J connectivity index is 1.39. The van der Waals surface area contributed by atoms with Crippen molar-refractivity contribution in [3.8, 4) is 22.3 Å². The van der Waals surface area contributed by atoms with E-state index in [9.17, 15) is 0 Å². The Bertz CT molecular complexity index is 2450. The maximum Gasteiger partial charge on any atom is 0.0726 e. The zero-order valence-corrected chi connectivity index (χ0v) is 42.1. The van der Waals surface area contributed by atoms with Crippen molar-refractivity contribution < 1.29 is 0 Å². The lowest BCUT2D eigenvalue weighted by Crippen LogP contribution is -2.29. The van der Waals surface area contributed by atoms with Crippen LogP contribution in [0.1, 0.15) is 162 Å². The second-order valence-corrected chi connectivity index (χ2v) is 21.9. The SMILES string of the molecule is CCC(C)(CCCC(C)C)c1ccc2c(c1)C1(c3cc(/C=C/c4ccc(Br)cc4)ccc3-c3ccc(/C=C/c4ccc(Br)cc4)cc31)c1cc(C(C)(CC)CCCC(C)C)ccc1-2. The van der Waals surface area contributed by atoms with E-state index in [1.807, 2.05) is 0 Å². The van der Waals surface area contributed by atoms with Gasteiger partial charge in [0.1, 0.15) is 0 Å². The third-order valence-corrected chi connectivity index (χ3v) is 16.0. The Morgan fingerprint density at radius 1 is 0.444 bits per heavy atom. The van der Waals surface area contributed by atoms with Crippen LogP contribution in [0, 0.1) is 11.8 Å². The molecule has 0 saturated heterocycles. The third kappa shape index (κ3) is 8.94. The molecule has 0 nitrogen and oxygen atoms in total. The first-order valence-corrected chi connectivity index (χ1v) is 25.3. The van der Waals surface area contributed by atoms with Gasteiger partial charge in [0, 0.05) is 8.95 Å². The van der Waals surface area contributed by atoms with Gasteiger partial charge in [-0.25, -0.2) is 0 Å². The Kier molecular flexibility index (Phi) is 13.5. The van der Waals surface area contributed by atoms with Crippen LogP contribution in [0.25, 0.3) is 46.6 Å². The lowest BCUT2D eigenvalue weighted by molar-refractivity contribution is 0.382. The van der Waals surface area contributed by atoms with E-state index in [-0.39, 0.29) is 10.8 Å². The largest absolute Gasteiger partial charge is 0.0726 e. The fourth-order valence-electron chi connectivity index (χ4n) is 10.6. The van der Waals surface area contributed by atoms with Crippen LogP contribution in [0.5, 0.6) is 0 Å². The number of halogens is 2. The van der Waals surface area contributed by atoms with Gasteiger partial charge in [0.05, 0.1) is 5.41 Å². The standard InChI is InChI=1S/C61H66Br2/c1-9-59(7,35-11-13-41(3)4)47-25-33-53-54-34-26-48(60(8,10-2)36-12-14-42(5)6)40-58(54)61(57(53)39-47)55-37-45(17-15-43-19-27-49(62)28-20-43)23-31-51(55)52-32-24-46(38-56(52)61)18-16-44-21-29-50(63)30-22-44/h15-34,37-42H,9-14,35-36H2,1-8H3/b17-15+,18-16+. The molecule has 0 heterocycles. The molecule has 63 heavy (non-hydrogen) atoms. The van der Waals surface area contributed by atoms with E-state index in [2.05, 4.69) is 233 Å². The monoisotopic (exact) mass is 956 g/mol. The second kappa shape index (κ2) is 18.7. The van der Waals surface area contributed by atoms with Crippen molar-refractivity contribution in [1.29, 1.82) is 0 Å². The van der Waals surface area contributed by atoms with E-state index in [0.29, 0.717) is 11.8 Å². The van der Waals surface area contributed by atoms with Crippen LogP contribution in [0.4, 0.5) is 0 Å². The first kappa shape index (κ1) is 45.3. The minimum atomic E-state index is -0.483. The number of rotatable bonds is 16. The molecule has 0 bridgehead atoms. The Labute approximate surface area is 396 Å². The molecule has 2 aliphatic rings. The minimum Gasteiger partial charge on any atom is -0.0645 e. The van der Waals surface area contributed by atoms with E-state index in [0.717, 1.165) is 21.8 Å². The zero-order chi connectivity index (χ0) is 44.5. The molecule has 0 radical (unpaired) electrons. The smallest absolute Gasteiger partial charge is 0.0645 e. The second-order valence-electron chi connectivity index (χ2n) is 20.1. The molecule has 2 atom stereocenters. The van der Waals surface area contributed by atoms with Crippen molar-refractivity contribution in [3.63, 3.8) is 0 Å². The highest BCUT2D eigenvalue weighted by Crippen LogP contribution is 2.64. The highest BCUT2D eigenvalue weighted by atomic mass is 79.9. The van der Waals surface area contributed by atoms with Gasteiger partial charge in [-0.3, -0.25) is 0 Å². The topological polar surface area (TPSA) is 0 Å². The van der Waals surface area contributed by atoms with Gasteiger partial charge in [0.2, 0.25) is 0 Å². The van der Waals surface area contributed by atoms with Crippen LogP contribution in [0.15, 0.2) is 130 Å². The summed E-state index contributed by atoms with van der Waals surface area (Å²) in [6.45, 7) is 19.3. The number of fused-ring (bicyclic) bond motifs is 10. The third-order valence-electron chi connectivity index (χ3n) is 15.0. The zero-order valence-electron chi connectivity index (χ0n) is 38.9. The van der Waals surface area contributed by atoms with E-state index in [1.54, 1.807) is 0 Å². The van der Waals surface area contributed by atoms with E-state index in [1.165, 1.54) is 116 Å². The highest BCUT2D eigenvalue weighted by molar-refractivity contribution is 9.10. The van der Waals surface area contributed by atoms with Crippen LogP contribution in [-0.4, -0.2) is 0 Å². The first-order chi connectivity index (χ1) is 30.3. The quantitative estimate of drug-likeness (QED) is 0.0847. The average molecular weight is 959 g/mol. The van der Waals surface area contributed by atoms with Crippen molar-refractivity contribution in [2.75, 3.05) is 0 Å². The molecule has 324 valence electrons. The van der Waals surface area contributed by atoms with Crippen LogP contribution in [0.2, 0.25) is 0 Å². The van der Waals surface area contributed by atoms with Crippen LogP contribution in [0.3, 0.4) is 0 Å². The summed E-state index contributed by atoms with van der Waals surface area (Å²) in [5.74, 6) is 1.42. The molecule has 1 spiro atoms. The maximum absolute atomic E-state index is 3.63. The predicted molar refractivity (Wildman–Crippen MR) is 282 cm³/mol. The molecule has 0 aromatic heterocycles. The maximum atomic E-state index is 3.63. The number of hydrogen-bond donors (Lipinski definition) is 0. The van der Waals surface area contributed by atoms with E-state index in [4.69, 9.17) is 0 Å². The fraction of sp³-hybridized carbons (Fsp3) is 0.344. The molecule has 2 aliphatic carbocycles. The molecule has 0 fully saturated rings. The Morgan fingerprint density at radius 3 is 1.11 bits per heavy atom. The van der Waals surface area contributed by atoms with Gasteiger partial charge in [-0.2, -0.15) is 0 Å². The summed E-state index contributed by atoms with van der Waals surface area (Å²) in [5.41, 5.74) is 18.6. The molecular weight excluding hydrogens is 892 g/mol. The molecule has 6 aromatic carbocycles. The molecule has 2 unspecified atom stereocenters. The van der Waals surface area contributed by atoms with Crippen LogP contribution in [-0.2, 0) is 16.2 Å². The number of hydrogen-bond acceptors (Lipinski definition) is 0. The van der Waals surface area contributed by atoms with Crippen molar-refractivity contribution in [3.05, 3.63) is 186 Å². The van der Waals surface area contributed by atoms with Gasteiger partial charge in [-0.1, -0.05) is 222 Å². The molecule has 0 aliphatic heterocycles. The molecule has 0 N–H and O–H groups in total. The van der Waals surface area contributed by atoms with Crippen LogP contribution < -0.4 is 0 Å². The van der Waals surface area contributed by atoms with Gasteiger partial charge in [-0.15, -0.1) is 0 Å². The average Bonchev–Trinajstić information content (AvgIpc) is 3.74.